The van der Waals surface area contributed by atoms with Gasteiger partial charge in [0.25, 0.3) is 0 Å². The van der Waals surface area contributed by atoms with Gasteiger partial charge in [0.1, 0.15) is 4.99 Å². The lowest BCUT2D eigenvalue weighted by molar-refractivity contribution is 0.171. The minimum atomic E-state index is 0.231. The summed E-state index contributed by atoms with van der Waals surface area (Å²) in [4.78, 5) is 1.56. The minimum Gasteiger partial charge on any atom is -0.389 e. The van der Waals surface area contributed by atoms with Gasteiger partial charge in [0, 0.05) is 23.3 Å². The van der Waals surface area contributed by atoms with Crippen LogP contribution >= 0.6 is 24.0 Å². The molecule has 0 spiro atoms. The molecule has 20 heavy (non-hydrogen) atoms. The molecular formula is C15H24N2OS2. The van der Waals surface area contributed by atoms with E-state index in [1.165, 1.54) is 0 Å². The molecule has 1 rings (SSSR count). The lowest BCUT2D eigenvalue weighted by atomic mass is 10.0. The molecule has 1 aromatic carbocycles. The van der Waals surface area contributed by atoms with Crippen molar-refractivity contribution in [2.45, 2.75) is 31.7 Å². The van der Waals surface area contributed by atoms with Gasteiger partial charge in [0.05, 0.1) is 12.6 Å². The lowest BCUT2D eigenvalue weighted by Gasteiger charge is -2.25. The molecule has 0 radical (unpaired) electrons. The number of methoxy groups -OCH3 is 1. The molecule has 5 heteroatoms. The average Bonchev–Trinajstić information content (AvgIpc) is 2.38. The van der Waals surface area contributed by atoms with E-state index >= 15 is 0 Å². The fourth-order valence-electron chi connectivity index (χ4n) is 1.96. The van der Waals surface area contributed by atoms with E-state index in [0.717, 1.165) is 21.9 Å². The molecule has 0 saturated carbocycles. The third kappa shape index (κ3) is 4.65. The van der Waals surface area contributed by atoms with Crippen molar-refractivity contribution in [1.29, 1.82) is 0 Å². The van der Waals surface area contributed by atoms with E-state index < -0.39 is 0 Å². The Morgan fingerprint density at radius 1 is 1.45 bits per heavy atom. The standard InChI is InChI=1S/C15H24N2OS2/c1-5-20-13-8-6-7-11(14(13)15(16)19)17-12(9-18-4)10(2)3/h6-8,10,12,17H,5,9H2,1-4H3,(H2,16,19). The van der Waals surface area contributed by atoms with Crippen LogP contribution < -0.4 is 11.1 Å². The second-order valence-electron chi connectivity index (χ2n) is 4.93. The maximum Gasteiger partial charge on any atom is 0.107 e. The van der Waals surface area contributed by atoms with Crippen molar-refractivity contribution >= 4 is 34.7 Å². The van der Waals surface area contributed by atoms with Crippen LogP contribution in [-0.2, 0) is 4.74 Å². The topological polar surface area (TPSA) is 47.3 Å². The zero-order valence-electron chi connectivity index (χ0n) is 12.6. The van der Waals surface area contributed by atoms with E-state index in [4.69, 9.17) is 22.7 Å². The number of thiocarbonyl (C=S) groups is 1. The summed E-state index contributed by atoms with van der Waals surface area (Å²) in [5.74, 6) is 1.45. The number of thioether (sulfide) groups is 1. The molecule has 0 amide bonds. The van der Waals surface area contributed by atoms with Crippen molar-refractivity contribution < 1.29 is 4.74 Å². The van der Waals surface area contributed by atoms with Crippen LogP contribution in [0.4, 0.5) is 5.69 Å². The predicted octanol–water partition coefficient (Wildman–Crippen LogP) is 3.52. The first-order valence-corrected chi connectivity index (χ1v) is 8.21. The quantitative estimate of drug-likeness (QED) is 0.568. The van der Waals surface area contributed by atoms with Crippen LogP contribution in [-0.4, -0.2) is 30.5 Å². The van der Waals surface area contributed by atoms with Crippen LogP contribution in [0.15, 0.2) is 23.1 Å². The van der Waals surface area contributed by atoms with Gasteiger partial charge in [0.2, 0.25) is 0 Å². The first-order chi connectivity index (χ1) is 9.51. The van der Waals surface area contributed by atoms with Gasteiger partial charge in [-0.3, -0.25) is 0 Å². The summed E-state index contributed by atoms with van der Waals surface area (Å²) < 4.78 is 5.28. The number of nitrogens with one attached hydrogen (secondary N) is 1. The van der Waals surface area contributed by atoms with Gasteiger partial charge in [-0.05, 0) is 23.8 Å². The Kier molecular flexibility index (Phi) is 7.34. The average molecular weight is 313 g/mol. The van der Waals surface area contributed by atoms with Gasteiger partial charge in [-0.2, -0.15) is 0 Å². The number of rotatable bonds is 8. The molecule has 3 N–H and O–H groups in total. The van der Waals surface area contributed by atoms with Crippen molar-refractivity contribution in [2.24, 2.45) is 11.7 Å². The molecule has 1 atom stereocenters. The summed E-state index contributed by atoms with van der Waals surface area (Å²) in [7, 11) is 1.72. The number of anilines is 1. The molecule has 0 aliphatic rings. The summed E-state index contributed by atoms with van der Waals surface area (Å²) in [6.45, 7) is 7.11. The van der Waals surface area contributed by atoms with Crippen molar-refractivity contribution in [3.63, 3.8) is 0 Å². The molecule has 3 nitrogen and oxygen atoms in total. The predicted molar refractivity (Wildman–Crippen MR) is 92.9 cm³/mol. The molecule has 0 saturated heterocycles. The smallest absolute Gasteiger partial charge is 0.107 e. The third-order valence-corrected chi connectivity index (χ3v) is 4.21. The van der Waals surface area contributed by atoms with Gasteiger partial charge in [-0.15, -0.1) is 11.8 Å². The van der Waals surface area contributed by atoms with E-state index in [0.29, 0.717) is 17.5 Å². The van der Waals surface area contributed by atoms with Gasteiger partial charge < -0.3 is 15.8 Å². The highest BCUT2D eigenvalue weighted by atomic mass is 32.2. The zero-order valence-corrected chi connectivity index (χ0v) is 14.2. The largest absolute Gasteiger partial charge is 0.389 e. The van der Waals surface area contributed by atoms with E-state index in [-0.39, 0.29) is 6.04 Å². The molecular weight excluding hydrogens is 288 g/mol. The van der Waals surface area contributed by atoms with E-state index in [9.17, 15) is 0 Å². The Hall–Kier alpha value is -0.780. The summed E-state index contributed by atoms with van der Waals surface area (Å²) in [6, 6.07) is 6.36. The molecule has 0 fully saturated rings. The molecule has 0 bridgehead atoms. The van der Waals surface area contributed by atoms with Gasteiger partial charge >= 0.3 is 0 Å². The molecule has 1 aromatic rings. The Morgan fingerprint density at radius 2 is 2.15 bits per heavy atom. The van der Waals surface area contributed by atoms with Crippen LogP contribution in [0.25, 0.3) is 0 Å². The van der Waals surface area contributed by atoms with Crippen LogP contribution in [0, 0.1) is 5.92 Å². The van der Waals surface area contributed by atoms with Crippen LogP contribution in [0.2, 0.25) is 0 Å². The summed E-state index contributed by atoms with van der Waals surface area (Å²) >= 11 is 6.98. The molecule has 0 aliphatic heterocycles. The summed E-state index contributed by atoms with van der Waals surface area (Å²) in [5.41, 5.74) is 7.85. The molecule has 112 valence electrons. The SMILES string of the molecule is CCSc1cccc(NC(COC)C(C)C)c1C(N)=S. The Bertz CT molecular complexity index is 449. The Balaban J connectivity index is 3.09. The van der Waals surface area contributed by atoms with Gasteiger partial charge in [0.15, 0.2) is 0 Å². The van der Waals surface area contributed by atoms with E-state index in [1.807, 2.05) is 12.1 Å². The highest BCUT2D eigenvalue weighted by Gasteiger charge is 2.17. The molecule has 0 aromatic heterocycles. The van der Waals surface area contributed by atoms with E-state index in [1.54, 1.807) is 18.9 Å². The van der Waals surface area contributed by atoms with E-state index in [2.05, 4.69) is 32.2 Å². The molecule has 0 heterocycles. The summed E-state index contributed by atoms with van der Waals surface area (Å²) in [6.07, 6.45) is 0. The second kappa shape index (κ2) is 8.49. The summed E-state index contributed by atoms with van der Waals surface area (Å²) in [5, 5.41) is 3.52. The van der Waals surface area contributed by atoms with Crippen LogP contribution in [0.1, 0.15) is 26.3 Å². The minimum absolute atomic E-state index is 0.231. The molecule has 0 aliphatic carbocycles. The first-order valence-electron chi connectivity index (χ1n) is 6.82. The zero-order chi connectivity index (χ0) is 15.1. The normalized spacial score (nSPS) is 12.4. The fourth-order valence-corrected chi connectivity index (χ4v) is 3.10. The number of ether oxygens (including phenoxy) is 1. The number of nitrogens with two attached hydrogens (primary N) is 1. The Labute approximate surface area is 131 Å². The Morgan fingerprint density at radius 3 is 2.65 bits per heavy atom. The number of hydrogen-bond acceptors (Lipinski definition) is 4. The van der Waals surface area contributed by atoms with Crippen LogP contribution in [0.5, 0.6) is 0 Å². The highest BCUT2D eigenvalue weighted by molar-refractivity contribution is 7.99. The van der Waals surface area contributed by atoms with Crippen molar-refractivity contribution in [2.75, 3.05) is 24.8 Å². The fraction of sp³-hybridized carbons (Fsp3) is 0.533. The van der Waals surface area contributed by atoms with Crippen molar-refractivity contribution in [3.8, 4) is 0 Å². The maximum atomic E-state index is 5.92. The van der Waals surface area contributed by atoms with Gasteiger partial charge in [-0.1, -0.05) is 39.1 Å². The van der Waals surface area contributed by atoms with Gasteiger partial charge in [-0.25, -0.2) is 0 Å². The second-order valence-corrected chi connectivity index (χ2v) is 6.67. The molecule has 1 unspecified atom stereocenters. The van der Waals surface area contributed by atoms with Crippen molar-refractivity contribution in [3.05, 3.63) is 23.8 Å². The first kappa shape index (κ1) is 17.3. The van der Waals surface area contributed by atoms with Crippen molar-refractivity contribution in [1.82, 2.24) is 0 Å². The monoisotopic (exact) mass is 312 g/mol. The number of hydrogen-bond donors (Lipinski definition) is 2. The highest BCUT2D eigenvalue weighted by Crippen LogP contribution is 2.29. The van der Waals surface area contributed by atoms with Crippen LogP contribution in [0.3, 0.4) is 0 Å². The third-order valence-electron chi connectivity index (χ3n) is 3.06. The lowest BCUT2D eigenvalue weighted by Crippen LogP contribution is -2.31. The number of benzene rings is 1. The maximum absolute atomic E-state index is 5.92.